The van der Waals surface area contributed by atoms with Crippen LogP contribution in [0.4, 0.5) is 0 Å². The van der Waals surface area contributed by atoms with Crippen LogP contribution in [0.2, 0.25) is 0 Å². The molecule has 5 nitrogen and oxygen atoms in total. The molecule has 0 bridgehead atoms. The van der Waals surface area contributed by atoms with Crippen LogP contribution >= 0.6 is 0 Å². The number of nitrogens with zero attached hydrogens (tertiary/aromatic N) is 1. The van der Waals surface area contributed by atoms with Crippen molar-refractivity contribution in [2.24, 2.45) is 0 Å². The maximum Gasteiger partial charge on any atom is 0.253 e. The van der Waals surface area contributed by atoms with Crippen molar-refractivity contribution >= 4 is 15.7 Å². The lowest BCUT2D eigenvalue weighted by Crippen LogP contribution is -2.55. The van der Waals surface area contributed by atoms with E-state index in [-0.39, 0.29) is 23.7 Å². The first-order valence-corrected chi connectivity index (χ1v) is 9.12. The monoisotopic (exact) mass is 310 g/mol. The first kappa shape index (κ1) is 16.0. The Kier molecular flexibility index (Phi) is 4.68. The summed E-state index contributed by atoms with van der Waals surface area (Å²) in [4.78, 5) is 14.3. The van der Waals surface area contributed by atoms with Gasteiger partial charge in [-0.3, -0.25) is 4.79 Å². The van der Waals surface area contributed by atoms with E-state index in [1.165, 1.54) is 6.26 Å². The second-order valence-corrected chi connectivity index (χ2v) is 8.09. The predicted molar refractivity (Wildman–Crippen MR) is 83.0 cm³/mol. The second-order valence-electron chi connectivity index (χ2n) is 5.95. The Bertz CT molecular complexity index is 600. The zero-order chi connectivity index (χ0) is 15.6. The van der Waals surface area contributed by atoms with Crippen molar-refractivity contribution in [3.05, 3.63) is 35.4 Å². The Balaban J connectivity index is 2.09. The zero-order valence-corrected chi connectivity index (χ0v) is 13.5. The van der Waals surface area contributed by atoms with Crippen molar-refractivity contribution < 1.29 is 13.2 Å². The first-order chi connectivity index (χ1) is 9.74. The van der Waals surface area contributed by atoms with Crippen molar-refractivity contribution in [1.82, 2.24) is 10.2 Å². The number of hydrogen-bond donors (Lipinski definition) is 1. The highest BCUT2D eigenvalue weighted by atomic mass is 32.2. The summed E-state index contributed by atoms with van der Waals surface area (Å²) in [6.07, 6.45) is 1.20. The largest absolute Gasteiger partial charge is 0.336 e. The Morgan fingerprint density at radius 3 is 2.19 bits per heavy atom. The van der Waals surface area contributed by atoms with E-state index in [1.807, 2.05) is 4.90 Å². The summed E-state index contributed by atoms with van der Waals surface area (Å²) in [5.74, 6) is 0.00417. The summed E-state index contributed by atoms with van der Waals surface area (Å²) in [5.41, 5.74) is 1.31. The van der Waals surface area contributed by atoms with Crippen molar-refractivity contribution in [2.45, 2.75) is 31.7 Å². The van der Waals surface area contributed by atoms with Crippen molar-refractivity contribution in [3.8, 4) is 0 Å². The van der Waals surface area contributed by atoms with Crippen LogP contribution in [0.3, 0.4) is 0 Å². The first-order valence-electron chi connectivity index (χ1n) is 7.06. The van der Waals surface area contributed by atoms with Gasteiger partial charge in [-0.15, -0.1) is 0 Å². The molecule has 2 rings (SSSR count). The number of benzene rings is 1. The molecule has 2 atom stereocenters. The molecule has 0 saturated carbocycles. The Morgan fingerprint density at radius 2 is 1.71 bits per heavy atom. The van der Waals surface area contributed by atoms with Crippen LogP contribution in [0.15, 0.2) is 24.3 Å². The van der Waals surface area contributed by atoms with Gasteiger partial charge in [0.2, 0.25) is 0 Å². The molecule has 1 amide bonds. The van der Waals surface area contributed by atoms with Gasteiger partial charge in [-0.05, 0) is 31.5 Å². The summed E-state index contributed by atoms with van der Waals surface area (Å²) >= 11 is 0. The molecule has 0 radical (unpaired) electrons. The van der Waals surface area contributed by atoms with Crippen LogP contribution in [0.25, 0.3) is 0 Å². The molecule has 1 N–H and O–H groups in total. The number of rotatable bonds is 3. The van der Waals surface area contributed by atoms with Gasteiger partial charge in [-0.25, -0.2) is 8.42 Å². The van der Waals surface area contributed by atoms with Gasteiger partial charge in [0.25, 0.3) is 5.91 Å². The molecule has 1 fully saturated rings. The van der Waals surface area contributed by atoms with Gasteiger partial charge in [0, 0.05) is 37.0 Å². The minimum Gasteiger partial charge on any atom is -0.336 e. The quantitative estimate of drug-likeness (QED) is 0.906. The fourth-order valence-corrected chi connectivity index (χ4v) is 3.52. The van der Waals surface area contributed by atoms with Gasteiger partial charge in [-0.2, -0.15) is 0 Å². The molecule has 0 unspecified atom stereocenters. The van der Waals surface area contributed by atoms with Crippen LogP contribution in [-0.4, -0.2) is 50.7 Å². The third-order valence-electron chi connectivity index (χ3n) is 3.47. The Morgan fingerprint density at radius 1 is 1.19 bits per heavy atom. The van der Waals surface area contributed by atoms with Gasteiger partial charge in [0.15, 0.2) is 9.84 Å². The fraction of sp³-hybridized carbons (Fsp3) is 0.533. The molecule has 1 aliphatic rings. The summed E-state index contributed by atoms with van der Waals surface area (Å²) in [7, 11) is -3.05. The third-order valence-corrected chi connectivity index (χ3v) is 4.33. The van der Waals surface area contributed by atoms with Crippen LogP contribution in [0, 0.1) is 0 Å². The average molecular weight is 310 g/mol. The van der Waals surface area contributed by atoms with Crippen molar-refractivity contribution in [2.75, 3.05) is 19.3 Å². The Labute approximate surface area is 126 Å². The molecule has 1 aromatic carbocycles. The van der Waals surface area contributed by atoms with Crippen LogP contribution < -0.4 is 5.32 Å². The molecule has 1 aromatic rings. The lowest BCUT2D eigenvalue weighted by molar-refractivity contribution is 0.0674. The minimum absolute atomic E-state index is 0.00102. The number of piperazine rings is 1. The standard InChI is InChI=1S/C15H22N2O3S/c1-11-8-17(9-12(2)16-11)15(18)14-6-4-13(5-7-14)10-21(3,19)20/h4-7,11-12,16H,8-10H2,1-3H3/t11-,12-/m0/s1. The molecular formula is C15H22N2O3S. The maximum absolute atomic E-state index is 12.5. The van der Waals surface area contributed by atoms with E-state index >= 15 is 0 Å². The minimum atomic E-state index is -3.05. The van der Waals surface area contributed by atoms with E-state index in [1.54, 1.807) is 24.3 Å². The van der Waals surface area contributed by atoms with E-state index in [2.05, 4.69) is 19.2 Å². The SMILES string of the molecule is C[C@H]1CN(C(=O)c2ccc(CS(C)(=O)=O)cc2)C[C@H](C)N1. The molecule has 1 saturated heterocycles. The highest BCUT2D eigenvalue weighted by Gasteiger charge is 2.25. The number of carbonyl (C=O) groups is 1. The lowest BCUT2D eigenvalue weighted by atomic mass is 10.1. The van der Waals surface area contributed by atoms with Crippen LogP contribution in [-0.2, 0) is 15.6 Å². The van der Waals surface area contributed by atoms with E-state index < -0.39 is 9.84 Å². The van der Waals surface area contributed by atoms with Gasteiger partial charge >= 0.3 is 0 Å². The van der Waals surface area contributed by atoms with Gasteiger partial charge < -0.3 is 10.2 Å². The second kappa shape index (κ2) is 6.15. The number of sulfone groups is 1. The van der Waals surface area contributed by atoms with E-state index in [9.17, 15) is 13.2 Å². The van der Waals surface area contributed by atoms with E-state index in [4.69, 9.17) is 0 Å². The number of nitrogens with one attached hydrogen (secondary N) is 1. The summed E-state index contributed by atoms with van der Waals surface area (Å²) in [5, 5.41) is 3.39. The highest BCUT2D eigenvalue weighted by molar-refractivity contribution is 7.89. The normalized spacial score (nSPS) is 23.1. The topological polar surface area (TPSA) is 66.5 Å². The molecule has 116 valence electrons. The summed E-state index contributed by atoms with van der Waals surface area (Å²) in [6.45, 7) is 5.50. The maximum atomic E-state index is 12.5. The smallest absolute Gasteiger partial charge is 0.253 e. The predicted octanol–water partition coefficient (Wildman–Crippen LogP) is 1.05. The summed E-state index contributed by atoms with van der Waals surface area (Å²) < 4.78 is 22.5. The molecule has 1 aliphatic heterocycles. The third kappa shape index (κ3) is 4.54. The molecule has 1 heterocycles. The number of amides is 1. The van der Waals surface area contributed by atoms with Crippen LogP contribution in [0.5, 0.6) is 0 Å². The van der Waals surface area contributed by atoms with Gasteiger partial charge in [-0.1, -0.05) is 12.1 Å². The Hall–Kier alpha value is -1.40. The van der Waals surface area contributed by atoms with Crippen molar-refractivity contribution in [1.29, 1.82) is 0 Å². The molecule has 0 aromatic heterocycles. The number of carbonyl (C=O) groups excluding carboxylic acids is 1. The van der Waals surface area contributed by atoms with Crippen LogP contribution in [0.1, 0.15) is 29.8 Å². The van der Waals surface area contributed by atoms with Crippen molar-refractivity contribution in [3.63, 3.8) is 0 Å². The zero-order valence-electron chi connectivity index (χ0n) is 12.7. The lowest BCUT2D eigenvalue weighted by Gasteiger charge is -2.36. The highest BCUT2D eigenvalue weighted by Crippen LogP contribution is 2.13. The summed E-state index contributed by atoms with van der Waals surface area (Å²) in [6, 6.07) is 7.40. The van der Waals surface area contributed by atoms with E-state index in [0.717, 1.165) is 0 Å². The molecule has 6 heteroatoms. The fourth-order valence-electron chi connectivity index (χ4n) is 2.72. The average Bonchev–Trinajstić information content (AvgIpc) is 2.35. The number of hydrogen-bond acceptors (Lipinski definition) is 4. The molecule has 21 heavy (non-hydrogen) atoms. The van der Waals surface area contributed by atoms with Gasteiger partial charge in [0.05, 0.1) is 5.75 Å². The molecule has 0 aliphatic carbocycles. The molecular weight excluding hydrogens is 288 g/mol. The van der Waals surface area contributed by atoms with E-state index in [0.29, 0.717) is 24.2 Å². The molecule has 0 spiro atoms. The van der Waals surface area contributed by atoms with Gasteiger partial charge in [0.1, 0.15) is 0 Å².